The molecule has 0 spiro atoms. The number of rotatable bonds is 5. The van der Waals surface area contributed by atoms with Crippen molar-refractivity contribution in [2.75, 3.05) is 6.54 Å². The van der Waals surface area contributed by atoms with E-state index in [1.807, 2.05) is 11.6 Å². The van der Waals surface area contributed by atoms with E-state index in [-0.39, 0.29) is 0 Å². The van der Waals surface area contributed by atoms with Gasteiger partial charge in [0.2, 0.25) is 0 Å². The maximum atomic E-state index is 6.00. The minimum atomic E-state index is 0.334. The van der Waals surface area contributed by atoms with Gasteiger partial charge >= 0.3 is 0 Å². The van der Waals surface area contributed by atoms with Gasteiger partial charge in [-0.2, -0.15) is 0 Å². The van der Waals surface area contributed by atoms with Crippen molar-refractivity contribution in [3.63, 3.8) is 0 Å². The fourth-order valence-corrected chi connectivity index (χ4v) is 2.25. The number of aromatic nitrogens is 3. The van der Waals surface area contributed by atoms with E-state index in [0.717, 1.165) is 18.9 Å². The van der Waals surface area contributed by atoms with Crippen molar-refractivity contribution in [2.24, 2.45) is 7.05 Å². The molecule has 0 aliphatic carbocycles. The second-order valence-corrected chi connectivity index (χ2v) is 4.78. The van der Waals surface area contributed by atoms with Gasteiger partial charge in [0.25, 0.3) is 0 Å². The molecule has 1 unspecified atom stereocenters. The molecule has 5 heteroatoms. The average molecular weight is 267 g/mol. The van der Waals surface area contributed by atoms with Gasteiger partial charge in [-0.1, -0.05) is 18.5 Å². The van der Waals surface area contributed by atoms with Crippen LogP contribution in [0.3, 0.4) is 0 Å². The first kappa shape index (κ1) is 13.2. The van der Waals surface area contributed by atoms with Crippen molar-refractivity contribution in [2.45, 2.75) is 26.4 Å². The van der Waals surface area contributed by atoms with Crippen molar-refractivity contribution in [3.8, 4) is 0 Å². The Kier molecular flexibility index (Phi) is 4.09. The first-order valence-electron chi connectivity index (χ1n) is 6.18. The van der Waals surface area contributed by atoms with Gasteiger partial charge in [0.1, 0.15) is 11.0 Å². The first-order valence-corrected chi connectivity index (χ1v) is 6.55. The van der Waals surface area contributed by atoms with Gasteiger partial charge in [-0.3, -0.25) is 0 Å². The number of nitrogens with zero attached hydrogens (tertiary/aromatic N) is 3. The Balaban J connectivity index is 2.20. The number of hydrogen-bond donors (Lipinski definition) is 1. The molecular weight excluding hydrogens is 248 g/mol. The van der Waals surface area contributed by atoms with E-state index < -0.39 is 0 Å². The quantitative estimate of drug-likeness (QED) is 0.903. The SMILES string of the molecule is CCNC(C)c1cccn1Cc1ncc(Cl)n1C. The molecular formula is C13H19ClN4. The summed E-state index contributed by atoms with van der Waals surface area (Å²) in [5, 5.41) is 4.08. The van der Waals surface area contributed by atoms with Crippen LogP contribution in [-0.2, 0) is 13.6 Å². The standard InChI is InChI=1S/C13H19ClN4/c1-4-15-10(2)11-6-5-7-18(11)9-13-16-8-12(14)17(13)3/h5-8,10,15H,4,9H2,1-3H3. The summed E-state index contributed by atoms with van der Waals surface area (Å²) in [4.78, 5) is 4.33. The van der Waals surface area contributed by atoms with Crippen molar-refractivity contribution in [1.82, 2.24) is 19.4 Å². The Morgan fingerprint density at radius 1 is 1.50 bits per heavy atom. The lowest BCUT2D eigenvalue weighted by Crippen LogP contribution is -2.21. The molecule has 0 aliphatic heterocycles. The van der Waals surface area contributed by atoms with Gasteiger partial charge in [0.15, 0.2) is 0 Å². The van der Waals surface area contributed by atoms with E-state index in [2.05, 4.69) is 47.0 Å². The third-order valence-electron chi connectivity index (χ3n) is 3.16. The molecule has 0 saturated carbocycles. The van der Waals surface area contributed by atoms with Gasteiger partial charge in [-0.05, 0) is 25.6 Å². The van der Waals surface area contributed by atoms with E-state index in [4.69, 9.17) is 11.6 Å². The monoisotopic (exact) mass is 266 g/mol. The molecule has 0 fully saturated rings. The molecule has 18 heavy (non-hydrogen) atoms. The zero-order chi connectivity index (χ0) is 13.1. The van der Waals surface area contributed by atoms with E-state index in [0.29, 0.717) is 11.2 Å². The van der Waals surface area contributed by atoms with Gasteiger partial charge in [0.05, 0.1) is 12.7 Å². The minimum absolute atomic E-state index is 0.334. The molecule has 0 aromatic carbocycles. The molecule has 0 aliphatic rings. The minimum Gasteiger partial charge on any atom is -0.342 e. The molecule has 2 aromatic heterocycles. The molecule has 0 bridgehead atoms. The fraction of sp³-hybridized carbons (Fsp3) is 0.462. The van der Waals surface area contributed by atoms with Crippen LogP contribution in [-0.4, -0.2) is 20.7 Å². The van der Waals surface area contributed by atoms with Crippen molar-refractivity contribution in [3.05, 3.63) is 41.2 Å². The second kappa shape index (κ2) is 5.59. The van der Waals surface area contributed by atoms with E-state index >= 15 is 0 Å². The van der Waals surface area contributed by atoms with Crippen LogP contribution in [0.1, 0.15) is 31.4 Å². The summed E-state index contributed by atoms with van der Waals surface area (Å²) < 4.78 is 4.11. The Morgan fingerprint density at radius 3 is 2.89 bits per heavy atom. The third kappa shape index (κ3) is 2.60. The highest BCUT2D eigenvalue weighted by molar-refractivity contribution is 6.29. The van der Waals surface area contributed by atoms with Crippen LogP contribution in [0.4, 0.5) is 0 Å². The van der Waals surface area contributed by atoms with E-state index in [1.165, 1.54) is 5.69 Å². The molecule has 98 valence electrons. The van der Waals surface area contributed by atoms with E-state index in [1.54, 1.807) is 6.20 Å². The third-order valence-corrected chi connectivity index (χ3v) is 3.51. The molecule has 2 aromatic rings. The maximum absolute atomic E-state index is 6.00. The summed E-state index contributed by atoms with van der Waals surface area (Å²) in [5.41, 5.74) is 1.26. The molecule has 1 N–H and O–H groups in total. The Labute approximate surface area is 113 Å². The van der Waals surface area contributed by atoms with Crippen LogP contribution in [0.5, 0.6) is 0 Å². The Morgan fingerprint density at radius 2 is 2.28 bits per heavy atom. The summed E-state index contributed by atoms with van der Waals surface area (Å²) >= 11 is 6.00. The highest BCUT2D eigenvalue weighted by Crippen LogP contribution is 2.16. The summed E-state index contributed by atoms with van der Waals surface area (Å²) in [6.45, 7) is 5.98. The zero-order valence-corrected chi connectivity index (χ0v) is 11.8. The predicted octanol–water partition coefficient (Wildman–Crippen LogP) is 2.59. The summed E-state index contributed by atoms with van der Waals surface area (Å²) in [6.07, 6.45) is 3.76. The van der Waals surface area contributed by atoms with Crippen LogP contribution in [0.25, 0.3) is 0 Å². The lowest BCUT2D eigenvalue weighted by Gasteiger charge is -2.16. The summed E-state index contributed by atoms with van der Waals surface area (Å²) in [7, 11) is 1.93. The lowest BCUT2D eigenvalue weighted by atomic mass is 10.2. The van der Waals surface area contributed by atoms with Gasteiger partial charge in [0, 0.05) is 25.0 Å². The topological polar surface area (TPSA) is 34.8 Å². The number of hydrogen-bond acceptors (Lipinski definition) is 2. The molecule has 2 heterocycles. The fourth-order valence-electron chi connectivity index (χ4n) is 2.10. The first-order chi connectivity index (χ1) is 8.63. The molecule has 2 rings (SSSR count). The van der Waals surface area contributed by atoms with Crippen LogP contribution >= 0.6 is 11.6 Å². The van der Waals surface area contributed by atoms with Crippen molar-refractivity contribution in [1.29, 1.82) is 0 Å². The zero-order valence-electron chi connectivity index (χ0n) is 11.0. The number of halogens is 1. The van der Waals surface area contributed by atoms with Crippen molar-refractivity contribution < 1.29 is 0 Å². The van der Waals surface area contributed by atoms with Crippen LogP contribution in [0, 0.1) is 0 Å². The molecule has 1 atom stereocenters. The Bertz CT molecular complexity index is 515. The average Bonchev–Trinajstić information content (AvgIpc) is 2.92. The predicted molar refractivity (Wildman–Crippen MR) is 73.8 cm³/mol. The Hall–Kier alpha value is -1.26. The van der Waals surface area contributed by atoms with Gasteiger partial charge in [-0.25, -0.2) is 4.98 Å². The van der Waals surface area contributed by atoms with Gasteiger partial charge < -0.3 is 14.5 Å². The lowest BCUT2D eigenvalue weighted by molar-refractivity contribution is 0.546. The molecule has 0 saturated heterocycles. The molecule has 0 radical (unpaired) electrons. The maximum Gasteiger partial charge on any atom is 0.129 e. The van der Waals surface area contributed by atoms with Crippen LogP contribution in [0.2, 0.25) is 5.15 Å². The molecule has 0 amide bonds. The number of imidazole rings is 1. The van der Waals surface area contributed by atoms with Crippen molar-refractivity contribution >= 4 is 11.6 Å². The van der Waals surface area contributed by atoms with E-state index in [9.17, 15) is 0 Å². The largest absolute Gasteiger partial charge is 0.342 e. The normalized spacial score (nSPS) is 12.9. The highest BCUT2D eigenvalue weighted by Gasteiger charge is 2.11. The van der Waals surface area contributed by atoms with Crippen LogP contribution < -0.4 is 5.32 Å². The molecule has 4 nitrogen and oxygen atoms in total. The summed E-state index contributed by atoms with van der Waals surface area (Å²) in [5.74, 6) is 0.959. The highest BCUT2D eigenvalue weighted by atomic mass is 35.5. The van der Waals surface area contributed by atoms with Crippen LogP contribution in [0.15, 0.2) is 24.5 Å². The van der Waals surface area contributed by atoms with Gasteiger partial charge in [-0.15, -0.1) is 0 Å². The second-order valence-electron chi connectivity index (χ2n) is 4.40. The number of nitrogens with one attached hydrogen (secondary N) is 1. The summed E-state index contributed by atoms with van der Waals surface area (Å²) in [6, 6.07) is 4.53. The smallest absolute Gasteiger partial charge is 0.129 e.